The van der Waals surface area contributed by atoms with Crippen molar-refractivity contribution in [1.82, 2.24) is 14.9 Å². The van der Waals surface area contributed by atoms with E-state index in [0.29, 0.717) is 38.3 Å². The number of amides is 2. The first-order valence-electron chi connectivity index (χ1n) is 10.6. The van der Waals surface area contributed by atoms with Crippen LogP contribution in [-0.2, 0) is 22.4 Å². The molecule has 1 atom stereocenters. The van der Waals surface area contributed by atoms with Crippen molar-refractivity contribution in [2.75, 3.05) is 31.1 Å². The Balaban J connectivity index is 1.58. The molecule has 30 heavy (non-hydrogen) atoms. The van der Waals surface area contributed by atoms with Gasteiger partial charge in [-0.25, -0.2) is 9.97 Å². The lowest BCUT2D eigenvalue weighted by Gasteiger charge is -2.30. The zero-order valence-corrected chi connectivity index (χ0v) is 17.6. The highest BCUT2D eigenvalue weighted by Crippen LogP contribution is 2.32. The number of carbonyl (C=O) groups is 2. The van der Waals surface area contributed by atoms with Gasteiger partial charge in [0.2, 0.25) is 11.8 Å². The molecule has 2 aliphatic rings. The number of aromatic nitrogens is 2. The number of nitrogens with zero attached hydrogens (tertiary/aromatic N) is 4. The normalized spacial score (nSPS) is 18.6. The van der Waals surface area contributed by atoms with Crippen LogP contribution in [0.4, 0.5) is 5.82 Å². The largest absolute Gasteiger partial charge is 0.387 e. The van der Waals surface area contributed by atoms with E-state index in [9.17, 15) is 9.59 Å². The van der Waals surface area contributed by atoms with Crippen LogP contribution in [0, 0.1) is 13.8 Å². The Morgan fingerprint density at radius 3 is 2.83 bits per heavy atom. The molecule has 3 heterocycles. The Morgan fingerprint density at radius 2 is 2.07 bits per heavy atom. The Bertz CT molecular complexity index is 975. The number of hydrogen-bond donors (Lipinski definition) is 1. The molecule has 1 unspecified atom stereocenters. The predicted octanol–water partition coefficient (Wildman–Crippen LogP) is 1.92. The summed E-state index contributed by atoms with van der Waals surface area (Å²) in [6.45, 7) is 5.27. The van der Waals surface area contributed by atoms with Crippen molar-refractivity contribution in [1.29, 1.82) is 0 Å². The molecule has 0 saturated carbocycles. The zero-order chi connectivity index (χ0) is 21.3. The molecule has 4 rings (SSSR count). The van der Waals surface area contributed by atoms with Crippen molar-refractivity contribution in [3.63, 3.8) is 0 Å². The second-order valence-corrected chi connectivity index (χ2v) is 8.24. The Kier molecular flexibility index (Phi) is 5.81. The summed E-state index contributed by atoms with van der Waals surface area (Å²) in [4.78, 5) is 37.6. The lowest BCUT2D eigenvalue weighted by molar-refractivity contribution is -0.133. The molecule has 0 spiro atoms. The zero-order valence-electron chi connectivity index (χ0n) is 17.6. The number of aliphatic hydroxyl groups is 1. The van der Waals surface area contributed by atoms with Gasteiger partial charge in [-0.05, 0) is 38.7 Å². The maximum atomic E-state index is 12.8. The van der Waals surface area contributed by atoms with Gasteiger partial charge in [-0.1, -0.05) is 29.8 Å². The van der Waals surface area contributed by atoms with Gasteiger partial charge in [0, 0.05) is 43.2 Å². The lowest BCUT2D eigenvalue weighted by Crippen LogP contribution is -2.38. The first-order chi connectivity index (χ1) is 14.5. The molecular weight excluding hydrogens is 380 g/mol. The topological polar surface area (TPSA) is 86.6 Å². The number of benzene rings is 1. The highest BCUT2D eigenvalue weighted by molar-refractivity contribution is 5.95. The third-order valence-corrected chi connectivity index (χ3v) is 6.10. The van der Waals surface area contributed by atoms with Gasteiger partial charge >= 0.3 is 0 Å². The second-order valence-electron chi connectivity index (χ2n) is 8.24. The summed E-state index contributed by atoms with van der Waals surface area (Å²) in [6.07, 6.45) is 2.68. The second kappa shape index (κ2) is 8.52. The van der Waals surface area contributed by atoms with Gasteiger partial charge in [-0.3, -0.25) is 14.5 Å². The standard InChI is InChI=1S/C23H28N4O3/c1-15-4-3-5-17(12-15)8-11-27-20(29)7-6-19-16(2)24-22(25-23(19)27)18-9-10-26(13-18)21(30)14-28/h3-5,12,18,28H,6-11,13-14H2,1-2H3. The molecule has 7 nitrogen and oxygen atoms in total. The highest BCUT2D eigenvalue weighted by Gasteiger charge is 2.32. The van der Waals surface area contributed by atoms with Crippen LogP contribution in [0.25, 0.3) is 0 Å². The summed E-state index contributed by atoms with van der Waals surface area (Å²) in [6, 6.07) is 8.35. The molecule has 0 radical (unpaired) electrons. The number of hydrogen-bond acceptors (Lipinski definition) is 5. The maximum Gasteiger partial charge on any atom is 0.248 e. The van der Waals surface area contributed by atoms with Crippen molar-refractivity contribution in [2.24, 2.45) is 0 Å². The molecule has 1 aromatic heterocycles. The van der Waals surface area contributed by atoms with Crippen molar-refractivity contribution >= 4 is 17.6 Å². The third kappa shape index (κ3) is 4.07. The highest BCUT2D eigenvalue weighted by atomic mass is 16.3. The first-order valence-corrected chi connectivity index (χ1v) is 10.6. The monoisotopic (exact) mass is 408 g/mol. The summed E-state index contributed by atoms with van der Waals surface area (Å²) in [5, 5.41) is 9.12. The lowest BCUT2D eigenvalue weighted by atomic mass is 10.0. The van der Waals surface area contributed by atoms with Crippen LogP contribution >= 0.6 is 0 Å². The summed E-state index contributed by atoms with van der Waals surface area (Å²) < 4.78 is 0. The molecule has 1 saturated heterocycles. The molecule has 1 aromatic carbocycles. The number of rotatable bonds is 5. The van der Waals surface area contributed by atoms with Crippen LogP contribution in [0.1, 0.15) is 47.0 Å². The van der Waals surface area contributed by atoms with Gasteiger partial charge in [-0.2, -0.15) is 0 Å². The van der Waals surface area contributed by atoms with Crippen LogP contribution < -0.4 is 4.90 Å². The fraction of sp³-hybridized carbons (Fsp3) is 0.478. The van der Waals surface area contributed by atoms with E-state index in [4.69, 9.17) is 15.1 Å². The van der Waals surface area contributed by atoms with Gasteiger partial charge < -0.3 is 10.0 Å². The Labute approximate surface area is 176 Å². The van der Waals surface area contributed by atoms with Gasteiger partial charge in [0.25, 0.3) is 0 Å². The number of carbonyl (C=O) groups excluding carboxylic acids is 2. The molecule has 1 fully saturated rings. The van der Waals surface area contributed by atoms with Crippen molar-refractivity contribution in [2.45, 2.75) is 45.4 Å². The SMILES string of the molecule is Cc1cccc(CCN2C(=O)CCc3c(C)nc(C4CCN(C(=O)CO)C4)nc32)c1. The number of fused-ring (bicyclic) bond motifs is 1. The number of aryl methyl sites for hydroxylation is 2. The minimum atomic E-state index is -0.474. The predicted molar refractivity (Wildman–Crippen MR) is 113 cm³/mol. The fourth-order valence-corrected chi connectivity index (χ4v) is 4.42. The molecule has 2 amide bonds. The van der Waals surface area contributed by atoms with Gasteiger partial charge in [0.1, 0.15) is 18.2 Å². The van der Waals surface area contributed by atoms with Gasteiger partial charge in [-0.15, -0.1) is 0 Å². The van der Waals surface area contributed by atoms with Crippen LogP contribution in [-0.4, -0.2) is 58.0 Å². The first kappa shape index (κ1) is 20.5. The maximum absolute atomic E-state index is 12.8. The van der Waals surface area contributed by atoms with E-state index in [0.717, 1.165) is 29.9 Å². The third-order valence-electron chi connectivity index (χ3n) is 6.10. The van der Waals surface area contributed by atoms with E-state index >= 15 is 0 Å². The summed E-state index contributed by atoms with van der Waals surface area (Å²) in [5.74, 6) is 1.29. The summed E-state index contributed by atoms with van der Waals surface area (Å²) in [7, 11) is 0. The van der Waals surface area contributed by atoms with Crippen molar-refractivity contribution in [3.8, 4) is 0 Å². The summed E-state index contributed by atoms with van der Waals surface area (Å²) in [5.41, 5.74) is 4.37. The van der Waals surface area contributed by atoms with Crippen LogP contribution in [0.2, 0.25) is 0 Å². The quantitative estimate of drug-likeness (QED) is 0.817. The Morgan fingerprint density at radius 1 is 1.23 bits per heavy atom. The van der Waals surface area contributed by atoms with Gasteiger partial charge in [0.05, 0.1) is 0 Å². The molecular formula is C23H28N4O3. The molecule has 1 N–H and O–H groups in total. The average Bonchev–Trinajstić information content (AvgIpc) is 3.22. The number of aliphatic hydroxyl groups excluding tert-OH is 1. The van der Waals surface area contributed by atoms with E-state index in [1.54, 1.807) is 4.90 Å². The van der Waals surface area contributed by atoms with Crippen LogP contribution in [0.3, 0.4) is 0 Å². The van der Waals surface area contributed by atoms with E-state index < -0.39 is 6.61 Å². The average molecular weight is 409 g/mol. The molecule has 0 bridgehead atoms. The van der Waals surface area contributed by atoms with E-state index in [-0.39, 0.29) is 17.7 Å². The molecule has 2 aromatic rings. The molecule has 2 aliphatic heterocycles. The summed E-state index contributed by atoms with van der Waals surface area (Å²) >= 11 is 0. The molecule has 7 heteroatoms. The van der Waals surface area contributed by atoms with E-state index in [1.807, 2.05) is 17.9 Å². The van der Waals surface area contributed by atoms with Crippen molar-refractivity contribution in [3.05, 3.63) is 52.5 Å². The minimum Gasteiger partial charge on any atom is -0.387 e. The van der Waals surface area contributed by atoms with Crippen LogP contribution in [0.5, 0.6) is 0 Å². The van der Waals surface area contributed by atoms with Gasteiger partial charge in [0.15, 0.2) is 0 Å². The van der Waals surface area contributed by atoms with Crippen molar-refractivity contribution < 1.29 is 14.7 Å². The smallest absolute Gasteiger partial charge is 0.248 e. The fourth-order valence-electron chi connectivity index (χ4n) is 4.42. The molecule has 0 aliphatic carbocycles. The molecule has 158 valence electrons. The number of anilines is 1. The van der Waals surface area contributed by atoms with Crippen LogP contribution in [0.15, 0.2) is 24.3 Å². The Hall–Kier alpha value is -2.80. The minimum absolute atomic E-state index is 0.0279. The van der Waals surface area contributed by atoms with E-state index in [1.165, 1.54) is 11.1 Å². The number of likely N-dealkylation sites (tertiary alicyclic amines) is 1. The van der Waals surface area contributed by atoms with E-state index in [2.05, 4.69) is 25.1 Å².